The van der Waals surface area contributed by atoms with E-state index in [1.165, 1.54) is 18.9 Å². The van der Waals surface area contributed by atoms with Crippen LogP contribution in [0.3, 0.4) is 0 Å². The minimum Gasteiger partial charge on any atom is -0.463 e. The van der Waals surface area contributed by atoms with Gasteiger partial charge in [0.1, 0.15) is 5.76 Å². The lowest BCUT2D eigenvalue weighted by Crippen LogP contribution is -1.98. The van der Waals surface area contributed by atoms with Crippen molar-refractivity contribution < 1.29 is 13.9 Å². The molecule has 0 fully saturated rings. The molecule has 0 bridgehead atoms. The Balaban J connectivity index is 1.73. The van der Waals surface area contributed by atoms with E-state index in [9.17, 15) is 4.79 Å². The molecule has 118 valence electrons. The third-order valence-corrected chi connectivity index (χ3v) is 4.31. The Morgan fingerprint density at radius 3 is 3.04 bits per heavy atom. The Kier molecular flexibility index (Phi) is 4.73. The SMILES string of the molecule is COC(=O)c1ccc(CSc2nccn2-c2cccc(Cl)c2)o1. The normalized spacial score (nSPS) is 10.7. The van der Waals surface area contributed by atoms with Crippen molar-refractivity contribution in [1.29, 1.82) is 0 Å². The van der Waals surface area contributed by atoms with E-state index in [1.807, 2.05) is 35.0 Å². The van der Waals surface area contributed by atoms with Crippen molar-refractivity contribution in [2.75, 3.05) is 7.11 Å². The van der Waals surface area contributed by atoms with Crippen LogP contribution in [0, 0.1) is 0 Å². The summed E-state index contributed by atoms with van der Waals surface area (Å²) < 4.78 is 12.0. The molecule has 7 heteroatoms. The minimum absolute atomic E-state index is 0.196. The number of rotatable bonds is 5. The molecule has 0 N–H and O–H groups in total. The molecule has 3 aromatic rings. The van der Waals surface area contributed by atoms with Gasteiger partial charge in [0.05, 0.1) is 12.9 Å². The van der Waals surface area contributed by atoms with Crippen LogP contribution in [-0.4, -0.2) is 22.6 Å². The Hall–Kier alpha value is -2.18. The number of nitrogens with zero attached hydrogens (tertiary/aromatic N) is 2. The van der Waals surface area contributed by atoms with Crippen molar-refractivity contribution in [3.05, 3.63) is 65.3 Å². The first-order chi connectivity index (χ1) is 11.2. The zero-order valence-electron chi connectivity index (χ0n) is 12.2. The maximum absolute atomic E-state index is 11.4. The number of methoxy groups -OCH3 is 1. The zero-order valence-corrected chi connectivity index (χ0v) is 13.8. The van der Waals surface area contributed by atoms with Gasteiger partial charge in [-0.1, -0.05) is 29.4 Å². The van der Waals surface area contributed by atoms with E-state index in [0.717, 1.165) is 10.8 Å². The van der Waals surface area contributed by atoms with Gasteiger partial charge in [0.25, 0.3) is 0 Å². The van der Waals surface area contributed by atoms with E-state index in [4.69, 9.17) is 16.0 Å². The van der Waals surface area contributed by atoms with E-state index in [-0.39, 0.29) is 5.76 Å². The topological polar surface area (TPSA) is 57.3 Å². The summed E-state index contributed by atoms with van der Waals surface area (Å²) in [7, 11) is 1.32. The highest BCUT2D eigenvalue weighted by atomic mass is 35.5. The minimum atomic E-state index is -0.485. The summed E-state index contributed by atoms with van der Waals surface area (Å²) >= 11 is 7.54. The lowest BCUT2D eigenvalue weighted by atomic mass is 10.3. The second kappa shape index (κ2) is 6.93. The maximum Gasteiger partial charge on any atom is 0.373 e. The van der Waals surface area contributed by atoms with Crippen LogP contribution >= 0.6 is 23.4 Å². The van der Waals surface area contributed by atoms with Gasteiger partial charge in [0, 0.05) is 23.1 Å². The van der Waals surface area contributed by atoms with Crippen LogP contribution in [0.5, 0.6) is 0 Å². The van der Waals surface area contributed by atoms with Gasteiger partial charge in [-0.2, -0.15) is 0 Å². The highest BCUT2D eigenvalue weighted by Crippen LogP contribution is 2.26. The van der Waals surface area contributed by atoms with Crippen LogP contribution in [0.25, 0.3) is 5.69 Å². The molecule has 2 heterocycles. The number of hydrogen-bond donors (Lipinski definition) is 0. The predicted octanol–water partition coefficient (Wildman–Crippen LogP) is 4.20. The molecular weight excluding hydrogens is 336 g/mol. The first-order valence-electron chi connectivity index (χ1n) is 6.76. The Bertz CT molecular complexity index is 828. The molecule has 0 saturated heterocycles. The number of carbonyl (C=O) groups excluding carboxylic acids is 1. The van der Waals surface area contributed by atoms with Crippen LogP contribution in [-0.2, 0) is 10.5 Å². The largest absolute Gasteiger partial charge is 0.463 e. The Labute approximate surface area is 142 Å². The molecule has 0 aliphatic rings. The average Bonchev–Trinajstić information content (AvgIpc) is 3.21. The summed E-state index contributed by atoms with van der Waals surface area (Å²) in [5, 5.41) is 1.48. The fourth-order valence-corrected chi connectivity index (χ4v) is 3.07. The number of hydrogen-bond acceptors (Lipinski definition) is 5. The third-order valence-electron chi connectivity index (χ3n) is 3.08. The second-order valence-corrected chi connectivity index (χ2v) is 5.98. The second-order valence-electron chi connectivity index (χ2n) is 4.61. The van der Waals surface area contributed by atoms with Gasteiger partial charge in [0.15, 0.2) is 5.16 Å². The van der Waals surface area contributed by atoms with Crippen molar-refractivity contribution in [3.63, 3.8) is 0 Å². The number of benzene rings is 1. The van der Waals surface area contributed by atoms with E-state index in [0.29, 0.717) is 16.5 Å². The van der Waals surface area contributed by atoms with Crippen molar-refractivity contribution in [2.45, 2.75) is 10.9 Å². The Morgan fingerprint density at radius 1 is 1.39 bits per heavy atom. The lowest BCUT2D eigenvalue weighted by Gasteiger charge is -2.07. The third kappa shape index (κ3) is 3.60. The maximum atomic E-state index is 11.4. The number of esters is 1. The monoisotopic (exact) mass is 348 g/mol. The van der Waals surface area contributed by atoms with Crippen LogP contribution in [0.15, 0.2) is 58.4 Å². The zero-order chi connectivity index (χ0) is 16.2. The number of ether oxygens (including phenoxy) is 1. The van der Waals surface area contributed by atoms with Gasteiger partial charge >= 0.3 is 5.97 Å². The van der Waals surface area contributed by atoms with Gasteiger partial charge in [0.2, 0.25) is 5.76 Å². The summed E-state index contributed by atoms with van der Waals surface area (Å²) in [5.74, 6) is 0.938. The highest BCUT2D eigenvalue weighted by molar-refractivity contribution is 7.98. The molecule has 5 nitrogen and oxygen atoms in total. The van der Waals surface area contributed by atoms with Crippen LogP contribution in [0.2, 0.25) is 5.02 Å². The van der Waals surface area contributed by atoms with Gasteiger partial charge in [-0.25, -0.2) is 9.78 Å². The number of halogens is 1. The number of thioether (sulfide) groups is 1. The highest BCUT2D eigenvalue weighted by Gasteiger charge is 2.12. The molecular formula is C16H13ClN2O3S. The van der Waals surface area contributed by atoms with E-state index >= 15 is 0 Å². The fourth-order valence-electron chi connectivity index (χ4n) is 2.02. The molecule has 23 heavy (non-hydrogen) atoms. The number of aromatic nitrogens is 2. The molecule has 0 spiro atoms. The molecule has 2 aromatic heterocycles. The molecule has 0 aliphatic heterocycles. The Morgan fingerprint density at radius 2 is 2.26 bits per heavy atom. The van der Waals surface area contributed by atoms with E-state index < -0.39 is 5.97 Å². The molecule has 0 unspecified atom stereocenters. The van der Waals surface area contributed by atoms with Gasteiger partial charge < -0.3 is 9.15 Å². The fraction of sp³-hybridized carbons (Fsp3) is 0.125. The van der Waals surface area contributed by atoms with Gasteiger partial charge in [-0.05, 0) is 30.3 Å². The van der Waals surface area contributed by atoms with E-state index in [1.54, 1.807) is 18.3 Å². The standard InChI is InChI=1S/C16H13ClN2O3S/c1-21-15(20)14-6-5-13(22-14)10-23-16-18-7-8-19(16)12-4-2-3-11(17)9-12/h2-9H,10H2,1H3. The number of furan rings is 1. The summed E-state index contributed by atoms with van der Waals surface area (Å²) in [6.07, 6.45) is 3.60. The molecule has 0 amide bonds. The van der Waals surface area contributed by atoms with Crippen molar-refractivity contribution in [3.8, 4) is 5.69 Å². The van der Waals surface area contributed by atoms with Crippen LogP contribution in [0.4, 0.5) is 0 Å². The summed E-state index contributed by atoms with van der Waals surface area (Å²) in [5.41, 5.74) is 0.937. The van der Waals surface area contributed by atoms with Crippen molar-refractivity contribution in [2.24, 2.45) is 0 Å². The quantitative estimate of drug-likeness (QED) is 0.511. The van der Waals surface area contributed by atoms with E-state index in [2.05, 4.69) is 9.72 Å². The first kappa shape index (κ1) is 15.7. The molecule has 3 rings (SSSR count). The molecule has 0 aliphatic carbocycles. The molecule has 0 saturated carbocycles. The van der Waals surface area contributed by atoms with Crippen molar-refractivity contribution >= 4 is 29.3 Å². The van der Waals surface area contributed by atoms with Gasteiger partial charge in [-0.3, -0.25) is 4.57 Å². The lowest BCUT2D eigenvalue weighted by molar-refractivity contribution is 0.0563. The molecule has 0 atom stereocenters. The van der Waals surface area contributed by atoms with Crippen molar-refractivity contribution in [1.82, 2.24) is 9.55 Å². The number of imidazole rings is 1. The number of carbonyl (C=O) groups is 1. The summed E-state index contributed by atoms with van der Waals surface area (Å²) in [4.78, 5) is 15.7. The summed E-state index contributed by atoms with van der Waals surface area (Å²) in [6, 6.07) is 10.9. The smallest absolute Gasteiger partial charge is 0.373 e. The average molecular weight is 349 g/mol. The van der Waals surface area contributed by atoms with Crippen LogP contribution in [0.1, 0.15) is 16.3 Å². The predicted molar refractivity (Wildman–Crippen MR) is 88.2 cm³/mol. The summed E-state index contributed by atoms with van der Waals surface area (Å²) in [6.45, 7) is 0. The van der Waals surface area contributed by atoms with Crippen LogP contribution < -0.4 is 0 Å². The van der Waals surface area contributed by atoms with Gasteiger partial charge in [-0.15, -0.1) is 0 Å². The first-order valence-corrected chi connectivity index (χ1v) is 8.13. The molecule has 1 aromatic carbocycles. The molecule has 0 radical (unpaired) electrons.